The molecule has 1 aromatic carbocycles. The van der Waals surface area contributed by atoms with E-state index in [1.165, 1.54) is 22.1 Å². The van der Waals surface area contributed by atoms with Crippen LogP contribution < -0.4 is 15.8 Å². The highest BCUT2D eigenvalue weighted by Gasteiger charge is 2.17. The van der Waals surface area contributed by atoms with Gasteiger partial charge in [-0.25, -0.2) is 4.98 Å². The first-order chi connectivity index (χ1) is 14.4. The maximum atomic E-state index is 12.9. The number of aromatic amines is 1. The van der Waals surface area contributed by atoms with Crippen molar-refractivity contribution in [1.82, 2.24) is 19.7 Å². The summed E-state index contributed by atoms with van der Waals surface area (Å²) in [6.45, 7) is 1.73. The summed E-state index contributed by atoms with van der Waals surface area (Å²) < 4.78 is 1.44. The van der Waals surface area contributed by atoms with Gasteiger partial charge >= 0.3 is 0 Å². The number of aromatic nitrogens is 4. The maximum absolute atomic E-state index is 12.9. The monoisotopic (exact) mass is 420 g/mol. The van der Waals surface area contributed by atoms with E-state index in [-0.39, 0.29) is 17.4 Å². The minimum absolute atomic E-state index is 0.236. The van der Waals surface area contributed by atoms with Gasteiger partial charge in [0.2, 0.25) is 5.95 Å². The van der Waals surface area contributed by atoms with Crippen LogP contribution in [-0.4, -0.2) is 39.8 Å². The fourth-order valence-electron chi connectivity index (χ4n) is 2.95. The Bertz CT molecular complexity index is 1260. The predicted octanol–water partition coefficient (Wildman–Crippen LogP) is 3.31. The predicted molar refractivity (Wildman–Crippen MR) is 119 cm³/mol. The van der Waals surface area contributed by atoms with Crippen molar-refractivity contribution in [2.75, 3.05) is 24.3 Å². The Labute approximate surface area is 176 Å². The lowest BCUT2D eigenvalue weighted by Crippen LogP contribution is -2.19. The van der Waals surface area contributed by atoms with Crippen molar-refractivity contribution >= 4 is 28.7 Å². The summed E-state index contributed by atoms with van der Waals surface area (Å²) in [4.78, 5) is 34.8. The number of nitrogens with zero attached hydrogens (tertiary/aromatic N) is 4. The zero-order chi connectivity index (χ0) is 21.3. The second-order valence-corrected chi connectivity index (χ2v) is 7.86. The van der Waals surface area contributed by atoms with Crippen LogP contribution in [0, 0.1) is 6.92 Å². The van der Waals surface area contributed by atoms with E-state index >= 15 is 0 Å². The molecule has 9 heteroatoms. The third-order valence-corrected chi connectivity index (χ3v) is 5.30. The van der Waals surface area contributed by atoms with Crippen LogP contribution in [0.5, 0.6) is 0 Å². The van der Waals surface area contributed by atoms with Crippen molar-refractivity contribution in [2.24, 2.45) is 0 Å². The Morgan fingerprint density at radius 3 is 2.70 bits per heavy atom. The van der Waals surface area contributed by atoms with Crippen molar-refractivity contribution in [3.8, 4) is 16.5 Å². The highest BCUT2D eigenvalue weighted by atomic mass is 32.1. The molecule has 0 radical (unpaired) electrons. The van der Waals surface area contributed by atoms with Crippen LogP contribution in [0.15, 0.2) is 58.7 Å². The molecule has 3 heterocycles. The zero-order valence-corrected chi connectivity index (χ0v) is 17.5. The van der Waals surface area contributed by atoms with E-state index < -0.39 is 0 Å². The van der Waals surface area contributed by atoms with E-state index in [1.807, 2.05) is 54.7 Å². The number of anilines is 2. The molecule has 0 spiro atoms. The van der Waals surface area contributed by atoms with Crippen molar-refractivity contribution in [3.63, 3.8) is 0 Å². The molecule has 0 aliphatic carbocycles. The molecular weight excluding hydrogens is 400 g/mol. The maximum Gasteiger partial charge on any atom is 0.256 e. The van der Waals surface area contributed by atoms with E-state index in [0.717, 1.165) is 10.6 Å². The third kappa shape index (κ3) is 4.01. The second kappa shape index (κ2) is 7.96. The van der Waals surface area contributed by atoms with Crippen molar-refractivity contribution in [3.05, 3.63) is 75.5 Å². The summed E-state index contributed by atoms with van der Waals surface area (Å²) in [6.07, 6.45) is 0. The Hall–Kier alpha value is -3.72. The zero-order valence-electron chi connectivity index (χ0n) is 16.7. The number of carbonyl (C=O) groups excluding carboxylic acids is 1. The van der Waals surface area contributed by atoms with Crippen molar-refractivity contribution in [2.45, 2.75) is 6.92 Å². The number of hydrogen-bond donors (Lipinski definition) is 2. The van der Waals surface area contributed by atoms with Crippen LogP contribution in [0.2, 0.25) is 0 Å². The number of amides is 1. The molecule has 0 atom stereocenters. The molecule has 4 rings (SSSR count). The molecule has 30 heavy (non-hydrogen) atoms. The molecular formula is C21H20N6O2S. The molecule has 4 aromatic rings. The summed E-state index contributed by atoms with van der Waals surface area (Å²) >= 11 is 1.53. The van der Waals surface area contributed by atoms with E-state index in [0.29, 0.717) is 22.8 Å². The van der Waals surface area contributed by atoms with Crippen LogP contribution in [0.4, 0.5) is 11.5 Å². The lowest BCUT2D eigenvalue weighted by Gasteiger charge is -2.13. The van der Waals surface area contributed by atoms with Gasteiger partial charge in [-0.3, -0.25) is 14.6 Å². The average molecular weight is 420 g/mol. The van der Waals surface area contributed by atoms with Gasteiger partial charge in [-0.05, 0) is 36.6 Å². The fourth-order valence-corrected chi connectivity index (χ4v) is 3.64. The molecule has 0 saturated heterocycles. The summed E-state index contributed by atoms with van der Waals surface area (Å²) in [5, 5.41) is 9.42. The molecule has 152 valence electrons. The van der Waals surface area contributed by atoms with E-state index in [9.17, 15) is 9.59 Å². The van der Waals surface area contributed by atoms with Gasteiger partial charge in [0.05, 0.1) is 4.88 Å². The molecule has 0 bridgehead atoms. The SMILES string of the molecule is Cc1cc(=O)[nH]c(-n2nc(-c3cccs3)cc2NC(=O)c2cccc(N(C)C)c2)n1. The largest absolute Gasteiger partial charge is 0.378 e. The summed E-state index contributed by atoms with van der Waals surface area (Å²) in [5.74, 6) is 0.361. The van der Waals surface area contributed by atoms with Gasteiger partial charge in [-0.15, -0.1) is 11.3 Å². The van der Waals surface area contributed by atoms with Crippen molar-refractivity contribution in [1.29, 1.82) is 0 Å². The number of H-pyrrole nitrogens is 1. The van der Waals surface area contributed by atoms with Crippen LogP contribution in [-0.2, 0) is 0 Å². The van der Waals surface area contributed by atoms with Gasteiger partial charge in [0.25, 0.3) is 11.5 Å². The number of carbonyl (C=O) groups is 1. The first kappa shape index (κ1) is 19.6. The number of benzene rings is 1. The smallest absolute Gasteiger partial charge is 0.256 e. The lowest BCUT2D eigenvalue weighted by atomic mass is 10.2. The van der Waals surface area contributed by atoms with Gasteiger partial charge in [0, 0.05) is 43.2 Å². The number of hydrogen-bond acceptors (Lipinski definition) is 6. The Balaban J connectivity index is 1.75. The molecule has 0 fully saturated rings. The highest BCUT2D eigenvalue weighted by Crippen LogP contribution is 2.27. The van der Waals surface area contributed by atoms with Crippen LogP contribution in [0.25, 0.3) is 16.5 Å². The summed E-state index contributed by atoms with van der Waals surface area (Å²) in [6, 6.07) is 14.3. The number of thiophene rings is 1. The summed E-state index contributed by atoms with van der Waals surface area (Å²) in [5.41, 5.74) is 2.36. The number of rotatable bonds is 5. The molecule has 0 unspecified atom stereocenters. The standard InChI is InChI=1S/C21H20N6O2S/c1-13-10-19(28)24-21(22-13)27-18(12-16(25-27)17-8-5-9-30-17)23-20(29)14-6-4-7-15(11-14)26(2)3/h4-12H,1-3H3,(H,23,29)(H,22,24,28). The molecule has 0 saturated carbocycles. The minimum atomic E-state index is -0.290. The Kier molecular flexibility index (Phi) is 5.20. The molecule has 1 amide bonds. The first-order valence-electron chi connectivity index (χ1n) is 9.22. The topological polar surface area (TPSA) is 95.9 Å². The van der Waals surface area contributed by atoms with E-state index in [4.69, 9.17) is 0 Å². The summed E-state index contributed by atoms with van der Waals surface area (Å²) in [7, 11) is 3.83. The van der Waals surface area contributed by atoms with Gasteiger partial charge in [-0.1, -0.05) is 12.1 Å². The van der Waals surface area contributed by atoms with Crippen LogP contribution in [0.1, 0.15) is 16.1 Å². The van der Waals surface area contributed by atoms with Crippen LogP contribution in [0.3, 0.4) is 0 Å². The molecule has 0 aliphatic heterocycles. The second-order valence-electron chi connectivity index (χ2n) is 6.91. The first-order valence-corrected chi connectivity index (χ1v) is 10.1. The Morgan fingerprint density at radius 1 is 1.17 bits per heavy atom. The van der Waals surface area contributed by atoms with Gasteiger partial charge in [-0.2, -0.15) is 9.78 Å². The van der Waals surface area contributed by atoms with E-state index in [1.54, 1.807) is 19.1 Å². The lowest BCUT2D eigenvalue weighted by molar-refractivity contribution is 0.102. The molecule has 0 aliphatic rings. The third-order valence-electron chi connectivity index (χ3n) is 4.41. The van der Waals surface area contributed by atoms with Gasteiger partial charge in [0.1, 0.15) is 11.5 Å². The van der Waals surface area contributed by atoms with Gasteiger partial charge < -0.3 is 10.2 Å². The molecule has 8 nitrogen and oxygen atoms in total. The highest BCUT2D eigenvalue weighted by molar-refractivity contribution is 7.13. The Morgan fingerprint density at radius 2 is 2.00 bits per heavy atom. The molecule has 3 aromatic heterocycles. The fraction of sp³-hybridized carbons (Fsp3) is 0.143. The normalized spacial score (nSPS) is 10.8. The van der Waals surface area contributed by atoms with E-state index in [2.05, 4.69) is 20.4 Å². The van der Waals surface area contributed by atoms with Gasteiger partial charge in [0.15, 0.2) is 0 Å². The number of aryl methyl sites for hydroxylation is 1. The van der Waals surface area contributed by atoms with Crippen LogP contribution >= 0.6 is 11.3 Å². The molecule has 2 N–H and O–H groups in total. The minimum Gasteiger partial charge on any atom is -0.378 e. The quantitative estimate of drug-likeness (QED) is 0.516. The number of nitrogens with one attached hydrogen (secondary N) is 2. The van der Waals surface area contributed by atoms with Crippen molar-refractivity contribution < 1.29 is 4.79 Å². The average Bonchev–Trinajstić information content (AvgIpc) is 3.37.